The molecule has 0 aliphatic heterocycles. The van der Waals surface area contributed by atoms with Crippen molar-refractivity contribution in [3.63, 3.8) is 0 Å². The van der Waals surface area contributed by atoms with E-state index < -0.39 is 28.7 Å². The van der Waals surface area contributed by atoms with Crippen molar-refractivity contribution in [3.05, 3.63) is 101 Å². The lowest BCUT2D eigenvalue weighted by atomic mass is 10.0. The molecule has 0 aliphatic carbocycles. The van der Waals surface area contributed by atoms with Gasteiger partial charge in [0.05, 0.1) is 5.69 Å². The summed E-state index contributed by atoms with van der Waals surface area (Å²) in [7, 11) is -1.15. The van der Waals surface area contributed by atoms with Gasteiger partial charge in [-0.3, -0.25) is 9.59 Å². The second-order valence-electron chi connectivity index (χ2n) is 10.6. The summed E-state index contributed by atoms with van der Waals surface area (Å²) in [6.45, 7) is 7.80. The molecule has 0 saturated carbocycles. The summed E-state index contributed by atoms with van der Waals surface area (Å²) in [4.78, 5) is 29.5. The van der Waals surface area contributed by atoms with Crippen LogP contribution in [0.25, 0.3) is 0 Å². The number of aryl methyl sites for hydroxylation is 3. The summed E-state index contributed by atoms with van der Waals surface area (Å²) in [5.41, 5.74) is 4.80. The second kappa shape index (κ2) is 14.3. The predicted molar refractivity (Wildman–Crippen MR) is 165 cm³/mol. The van der Waals surface area contributed by atoms with E-state index in [2.05, 4.69) is 5.32 Å². The van der Waals surface area contributed by atoms with Gasteiger partial charge < -0.3 is 10.2 Å². The first-order chi connectivity index (χ1) is 19.4. The van der Waals surface area contributed by atoms with Crippen LogP contribution in [-0.2, 0) is 32.8 Å². The van der Waals surface area contributed by atoms with E-state index >= 15 is 0 Å². The fourth-order valence-electron chi connectivity index (χ4n) is 4.62. The molecule has 220 valence electrons. The average Bonchev–Trinajstić information content (AvgIpc) is 2.94. The summed E-state index contributed by atoms with van der Waals surface area (Å²) in [6, 6.07) is 22.0. The minimum atomic E-state index is -4.04. The van der Waals surface area contributed by atoms with E-state index in [0.29, 0.717) is 12.2 Å². The Morgan fingerprint density at radius 3 is 2.15 bits per heavy atom. The van der Waals surface area contributed by atoms with Crippen molar-refractivity contribution in [1.82, 2.24) is 14.5 Å². The second-order valence-corrected chi connectivity index (χ2v) is 12.7. The van der Waals surface area contributed by atoms with Crippen molar-refractivity contribution < 1.29 is 18.0 Å². The maximum atomic E-state index is 14.3. The third-order valence-electron chi connectivity index (χ3n) is 6.91. The summed E-state index contributed by atoms with van der Waals surface area (Å²) < 4.78 is 29.4. The summed E-state index contributed by atoms with van der Waals surface area (Å²) in [5, 5.41) is 2.96. The number of nitrogens with zero attached hydrogens (tertiary/aromatic N) is 3. The van der Waals surface area contributed by atoms with Crippen LogP contribution in [0.5, 0.6) is 0 Å². The van der Waals surface area contributed by atoms with Crippen molar-refractivity contribution in [2.24, 2.45) is 0 Å². The van der Waals surface area contributed by atoms with Gasteiger partial charge in [0.2, 0.25) is 11.8 Å². The van der Waals surface area contributed by atoms with Crippen molar-refractivity contribution >= 4 is 27.7 Å². The molecule has 0 aliphatic rings. The van der Waals surface area contributed by atoms with Crippen LogP contribution in [0.1, 0.15) is 41.2 Å². The van der Waals surface area contributed by atoms with Crippen LogP contribution >= 0.6 is 0 Å². The molecule has 1 atom stereocenters. The predicted octanol–water partition coefficient (Wildman–Crippen LogP) is 4.39. The van der Waals surface area contributed by atoms with E-state index in [0.717, 1.165) is 42.8 Å². The van der Waals surface area contributed by atoms with E-state index in [1.54, 1.807) is 6.07 Å². The zero-order valence-corrected chi connectivity index (χ0v) is 25.7. The fourth-order valence-corrected chi connectivity index (χ4v) is 5.73. The lowest BCUT2D eigenvalue weighted by Crippen LogP contribution is -2.54. The van der Waals surface area contributed by atoms with Gasteiger partial charge in [0.25, 0.3) is 0 Å². The number of amides is 2. The molecule has 1 N–H and O–H groups in total. The van der Waals surface area contributed by atoms with Crippen LogP contribution in [-0.4, -0.2) is 62.7 Å². The molecule has 0 saturated heterocycles. The first-order valence-corrected chi connectivity index (χ1v) is 15.3. The third-order valence-corrected chi connectivity index (χ3v) is 8.71. The molecule has 0 fully saturated rings. The zero-order valence-electron chi connectivity index (χ0n) is 24.9. The van der Waals surface area contributed by atoms with Crippen molar-refractivity contribution in [2.75, 3.05) is 31.5 Å². The van der Waals surface area contributed by atoms with Crippen LogP contribution in [0.3, 0.4) is 0 Å². The molecule has 41 heavy (non-hydrogen) atoms. The van der Waals surface area contributed by atoms with E-state index in [4.69, 9.17) is 0 Å². The van der Waals surface area contributed by atoms with Crippen LogP contribution < -0.4 is 9.62 Å². The Morgan fingerprint density at radius 1 is 0.854 bits per heavy atom. The fraction of sp³-hybridized carbons (Fsp3) is 0.375. The van der Waals surface area contributed by atoms with Gasteiger partial charge in [0, 0.05) is 33.6 Å². The zero-order chi connectivity index (χ0) is 30.2. The Balaban J connectivity index is 2.12. The van der Waals surface area contributed by atoms with E-state index in [1.165, 1.54) is 19.0 Å². The van der Waals surface area contributed by atoms with Gasteiger partial charge in [-0.1, -0.05) is 79.2 Å². The first kappa shape index (κ1) is 31.8. The van der Waals surface area contributed by atoms with Gasteiger partial charge in [-0.2, -0.15) is 12.7 Å². The van der Waals surface area contributed by atoms with Crippen LogP contribution in [0.15, 0.2) is 72.8 Å². The van der Waals surface area contributed by atoms with Crippen molar-refractivity contribution in [3.8, 4) is 0 Å². The highest BCUT2D eigenvalue weighted by Crippen LogP contribution is 2.26. The van der Waals surface area contributed by atoms with Crippen LogP contribution in [0.4, 0.5) is 5.69 Å². The number of anilines is 1. The molecule has 3 aromatic carbocycles. The van der Waals surface area contributed by atoms with Gasteiger partial charge >= 0.3 is 10.2 Å². The summed E-state index contributed by atoms with van der Waals surface area (Å²) >= 11 is 0. The molecule has 0 aromatic heterocycles. The number of benzene rings is 3. The SMILES string of the molecule is CCCNC(=O)[C@H](Cc1ccccc1)N(Cc1cccc(C)c1)C(=O)CN(c1cc(C)ccc1C)S(=O)(=O)N(C)C. The number of carbonyl (C=O) groups excluding carboxylic acids is 2. The number of hydrogen-bond donors (Lipinski definition) is 1. The number of carbonyl (C=O) groups is 2. The normalized spacial score (nSPS) is 12.2. The van der Waals surface area contributed by atoms with Crippen LogP contribution in [0.2, 0.25) is 0 Å². The molecule has 2 amide bonds. The Kier molecular flexibility index (Phi) is 11.1. The minimum Gasteiger partial charge on any atom is -0.354 e. The molecule has 3 aromatic rings. The topological polar surface area (TPSA) is 90.0 Å². The molecular formula is C32H42N4O4S. The Bertz CT molecular complexity index is 1440. The monoisotopic (exact) mass is 578 g/mol. The molecule has 0 unspecified atom stereocenters. The molecule has 8 nitrogen and oxygen atoms in total. The Hall–Kier alpha value is -3.69. The largest absolute Gasteiger partial charge is 0.354 e. The molecule has 9 heteroatoms. The smallest absolute Gasteiger partial charge is 0.304 e. The third kappa shape index (κ3) is 8.41. The number of hydrogen-bond acceptors (Lipinski definition) is 4. The molecule has 3 rings (SSSR count). The summed E-state index contributed by atoms with van der Waals surface area (Å²) in [5.74, 6) is -0.740. The Labute approximate surface area is 245 Å². The van der Waals surface area contributed by atoms with E-state index in [9.17, 15) is 18.0 Å². The van der Waals surface area contributed by atoms with Gasteiger partial charge in [-0.05, 0) is 55.5 Å². The quantitative estimate of drug-likeness (QED) is 0.326. The number of rotatable bonds is 13. The lowest BCUT2D eigenvalue weighted by Gasteiger charge is -2.35. The first-order valence-electron chi connectivity index (χ1n) is 13.9. The molecule has 0 heterocycles. The highest BCUT2D eigenvalue weighted by atomic mass is 32.2. The minimum absolute atomic E-state index is 0.153. The lowest BCUT2D eigenvalue weighted by molar-refractivity contribution is -0.140. The van der Waals surface area contributed by atoms with E-state index in [-0.39, 0.29) is 18.9 Å². The maximum absolute atomic E-state index is 14.3. The van der Waals surface area contributed by atoms with Crippen molar-refractivity contribution in [2.45, 2.75) is 53.1 Å². The molecular weight excluding hydrogens is 536 g/mol. The van der Waals surface area contributed by atoms with E-state index in [1.807, 2.05) is 94.4 Å². The highest BCUT2D eigenvalue weighted by Gasteiger charge is 2.35. The maximum Gasteiger partial charge on any atom is 0.304 e. The Morgan fingerprint density at radius 2 is 1.51 bits per heavy atom. The van der Waals surface area contributed by atoms with Gasteiger partial charge in [0.15, 0.2) is 0 Å². The average molecular weight is 579 g/mol. The molecule has 0 spiro atoms. The van der Waals surface area contributed by atoms with Crippen LogP contribution in [0, 0.1) is 20.8 Å². The molecule has 0 radical (unpaired) electrons. The van der Waals surface area contributed by atoms with Crippen molar-refractivity contribution in [1.29, 1.82) is 0 Å². The standard InChI is InChI=1S/C32H42N4O4S/c1-7-18-33-32(38)30(21-27-13-9-8-10-14-27)35(22-28-15-11-12-24(2)19-28)31(37)23-36(41(39,40)34(5)6)29-20-25(3)16-17-26(29)4/h8-17,19-20,30H,7,18,21-23H2,1-6H3,(H,33,38)/t30-/m0/s1. The number of nitrogens with one attached hydrogen (secondary N) is 1. The summed E-state index contributed by atoms with van der Waals surface area (Å²) in [6.07, 6.45) is 1.04. The van der Waals surface area contributed by atoms with Gasteiger partial charge in [-0.25, -0.2) is 4.31 Å². The molecule has 0 bridgehead atoms. The van der Waals surface area contributed by atoms with Gasteiger partial charge in [-0.15, -0.1) is 0 Å². The van der Waals surface area contributed by atoms with Gasteiger partial charge in [0.1, 0.15) is 12.6 Å². The highest BCUT2D eigenvalue weighted by molar-refractivity contribution is 7.90.